The molecule has 1 aliphatic heterocycles. The third kappa shape index (κ3) is 5.26. The minimum absolute atomic E-state index is 0.0685. The lowest BCUT2D eigenvalue weighted by Crippen LogP contribution is -2.23. The largest absolute Gasteiger partial charge is 0.467 e. The zero-order chi connectivity index (χ0) is 21.6. The molecule has 0 aliphatic carbocycles. The Morgan fingerprint density at radius 1 is 1.16 bits per heavy atom. The van der Waals surface area contributed by atoms with Gasteiger partial charge in [0.05, 0.1) is 13.3 Å². The summed E-state index contributed by atoms with van der Waals surface area (Å²) in [5, 5.41) is 8.26. The molecule has 3 heterocycles. The summed E-state index contributed by atoms with van der Waals surface area (Å²) >= 11 is 6.03. The first-order valence-corrected chi connectivity index (χ1v) is 10.3. The Bertz CT molecular complexity index is 1020. The van der Waals surface area contributed by atoms with Crippen LogP contribution in [0.15, 0.2) is 36.5 Å². The maximum atomic E-state index is 12.3. The molecule has 1 fully saturated rings. The molecular weight excluding hydrogens is 422 g/mol. The van der Waals surface area contributed by atoms with E-state index in [4.69, 9.17) is 21.1 Å². The molecule has 0 unspecified atom stereocenters. The van der Waals surface area contributed by atoms with Crippen molar-refractivity contribution < 1.29 is 14.3 Å². The fourth-order valence-electron chi connectivity index (χ4n) is 3.37. The van der Waals surface area contributed by atoms with Gasteiger partial charge >= 0.3 is 12.0 Å². The minimum atomic E-state index is -0.637. The van der Waals surface area contributed by atoms with Crippen LogP contribution in [0, 0.1) is 0 Å². The Labute approximate surface area is 184 Å². The van der Waals surface area contributed by atoms with Gasteiger partial charge in [0.25, 0.3) is 0 Å². The van der Waals surface area contributed by atoms with Crippen molar-refractivity contribution in [2.75, 3.05) is 25.1 Å². The van der Waals surface area contributed by atoms with E-state index >= 15 is 0 Å². The summed E-state index contributed by atoms with van der Waals surface area (Å²) in [6, 6.07) is 9.12. The van der Waals surface area contributed by atoms with Crippen LogP contribution in [0.25, 0.3) is 0 Å². The van der Waals surface area contributed by atoms with Crippen LogP contribution in [0.2, 0.25) is 5.28 Å². The average molecular weight is 444 g/mol. The summed E-state index contributed by atoms with van der Waals surface area (Å²) in [6.07, 6.45) is 4.26. The molecule has 11 heteroatoms. The smallest absolute Gasteiger partial charge is 0.331 e. The summed E-state index contributed by atoms with van der Waals surface area (Å²) in [5.41, 5.74) is 1.50. The molecule has 2 aromatic heterocycles. The van der Waals surface area contributed by atoms with Crippen LogP contribution >= 0.6 is 11.6 Å². The fraction of sp³-hybridized carbons (Fsp3) is 0.400. The number of hydrogen-bond donors (Lipinski definition) is 0. The third-order valence-electron chi connectivity index (χ3n) is 4.94. The van der Waals surface area contributed by atoms with Crippen LogP contribution in [0.1, 0.15) is 30.1 Å². The highest BCUT2D eigenvalue weighted by Crippen LogP contribution is 2.20. The maximum Gasteiger partial charge on any atom is 0.331 e. The number of anilines is 1. The summed E-state index contributed by atoms with van der Waals surface area (Å²) in [6.45, 7) is 1.83. The van der Waals surface area contributed by atoms with E-state index in [-0.39, 0.29) is 17.9 Å². The van der Waals surface area contributed by atoms with E-state index in [1.165, 1.54) is 11.8 Å². The quantitative estimate of drug-likeness (QED) is 0.484. The van der Waals surface area contributed by atoms with E-state index in [1.807, 2.05) is 35.2 Å². The van der Waals surface area contributed by atoms with Crippen molar-refractivity contribution in [3.63, 3.8) is 0 Å². The lowest BCUT2D eigenvalue weighted by atomic mass is 10.1. The van der Waals surface area contributed by atoms with Gasteiger partial charge in [-0.2, -0.15) is 15.0 Å². The van der Waals surface area contributed by atoms with Crippen molar-refractivity contribution in [1.82, 2.24) is 29.9 Å². The highest BCUT2D eigenvalue weighted by Gasteiger charge is 2.24. The van der Waals surface area contributed by atoms with E-state index in [1.54, 1.807) is 6.20 Å². The van der Waals surface area contributed by atoms with Crippen LogP contribution in [0.3, 0.4) is 0 Å². The molecule has 0 spiro atoms. The average Bonchev–Trinajstić information content (AvgIpc) is 3.48. The van der Waals surface area contributed by atoms with Crippen LogP contribution < -0.4 is 9.64 Å². The molecule has 1 aromatic carbocycles. The van der Waals surface area contributed by atoms with Gasteiger partial charge in [0, 0.05) is 19.5 Å². The van der Waals surface area contributed by atoms with Crippen molar-refractivity contribution >= 4 is 23.5 Å². The Balaban J connectivity index is 1.45. The first kappa shape index (κ1) is 21.0. The summed E-state index contributed by atoms with van der Waals surface area (Å²) in [5.74, 6) is 0.102. The van der Waals surface area contributed by atoms with E-state index < -0.39 is 12.0 Å². The molecule has 10 nitrogen and oxygen atoms in total. The van der Waals surface area contributed by atoms with Gasteiger partial charge in [0.15, 0.2) is 6.04 Å². The number of aromatic nitrogens is 6. The van der Waals surface area contributed by atoms with E-state index in [0.717, 1.165) is 31.5 Å². The van der Waals surface area contributed by atoms with Crippen LogP contribution in [-0.4, -0.2) is 56.1 Å². The van der Waals surface area contributed by atoms with Gasteiger partial charge in [-0.3, -0.25) is 0 Å². The third-order valence-corrected chi connectivity index (χ3v) is 5.11. The van der Waals surface area contributed by atoms with Crippen LogP contribution in [0.5, 0.6) is 6.01 Å². The number of rotatable bonds is 8. The second-order valence-corrected chi connectivity index (χ2v) is 7.43. The van der Waals surface area contributed by atoms with Crippen LogP contribution in [-0.2, 0) is 22.6 Å². The number of halogens is 1. The molecule has 31 heavy (non-hydrogen) atoms. The summed E-state index contributed by atoms with van der Waals surface area (Å²) in [7, 11) is 1.35. The Kier molecular flexibility index (Phi) is 6.56. The summed E-state index contributed by atoms with van der Waals surface area (Å²) in [4.78, 5) is 26.9. The molecule has 1 aliphatic rings. The van der Waals surface area contributed by atoms with Crippen molar-refractivity contribution in [3.05, 3.63) is 53.1 Å². The van der Waals surface area contributed by atoms with E-state index in [0.29, 0.717) is 18.1 Å². The Morgan fingerprint density at radius 3 is 2.68 bits per heavy atom. The molecule has 1 atom stereocenters. The highest BCUT2D eigenvalue weighted by molar-refractivity contribution is 6.28. The van der Waals surface area contributed by atoms with Gasteiger partial charge in [-0.05, 0) is 30.0 Å². The van der Waals surface area contributed by atoms with Gasteiger partial charge < -0.3 is 14.4 Å². The number of methoxy groups -OCH3 is 1. The molecule has 0 saturated carbocycles. The molecule has 0 amide bonds. The zero-order valence-electron chi connectivity index (χ0n) is 17.0. The second kappa shape index (κ2) is 9.69. The van der Waals surface area contributed by atoms with Gasteiger partial charge in [-0.15, -0.1) is 5.10 Å². The van der Waals surface area contributed by atoms with Crippen LogP contribution in [0.4, 0.5) is 5.95 Å². The standard InChI is InChI=1S/C20H22ClN7O3/c1-30-17(29)16(11-14-7-3-2-4-8-14)28-12-15(25-26-28)13-31-20-23-18(21)22-19(24-20)27-9-5-6-10-27/h2-4,7-8,12,16H,5-6,9-11,13H2,1H3/t16-/m0/s1. The van der Waals surface area contributed by atoms with Gasteiger partial charge in [-0.1, -0.05) is 35.5 Å². The second-order valence-electron chi connectivity index (χ2n) is 7.09. The number of carbonyl (C=O) groups excluding carboxylic acids is 1. The molecule has 4 rings (SSSR count). The molecule has 3 aromatic rings. The molecule has 0 bridgehead atoms. The number of esters is 1. The molecule has 1 saturated heterocycles. The van der Waals surface area contributed by atoms with Gasteiger partial charge in [-0.25, -0.2) is 9.48 Å². The first-order chi connectivity index (χ1) is 15.1. The molecule has 0 radical (unpaired) electrons. The number of hydrogen-bond acceptors (Lipinski definition) is 9. The first-order valence-electron chi connectivity index (χ1n) is 9.94. The monoisotopic (exact) mass is 443 g/mol. The molecular formula is C20H22ClN7O3. The van der Waals surface area contributed by atoms with Gasteiger partial charge in [0.2, 0.25) is 11.2 Å². The van der Waals surface area contributed by atoms with Crippen molar-refractivity contribution in [1.29, 1.82) is 0 Å². The molecule has 0 N–H and O–H groups in total. The minimum Gasteiger partial charge on any atom is -0.467 e. The topological polar surface area (TPSA) is 108 Å². The maximum absolute atomic E-state index is 12.3. The number of carbonyl (C=O) groups is 1. The lowest BCUT2D eigenvalue weighted by Gasteiger charge is -2.15. The predicted molar refractivity (Wildman–Crippen MR) is 112 cm³/mol. The fourth-order valence-corrected chi connectivity index (χ4v) is 3.52. The Morgan fingerprint density at radius 2 is 1.94 bits per heavy atom. The zero-order valence-corrected chi connectivity index (χ0v) is 17.8. The molecule has 162 valence electrons. The number of nitrogens with zero attached hydrogens (tertiary/aromatic N) is 7. The van der Waals surface area contributed by atoms with Crippen molar-refractivity contribution in [2.24, 2.45) is 0 Å². The van der Waals surface area contributed by atoms with E-state index in [2.05, 4.69) is 25.3 Å². The highest BCUT2D eigenvalue weighted by atomic mass is 35.5. The summed E-state index contributed by atoms with van der Waals surface area (Å²) < 4.78 is 12.1. The Hall–Kier alpha value is -3.27. The number of ether oxygens (including phenoxy) is 2. The van der Waals surface area contributed by atoms with Crippen molar-refractivity contribution in [3.8, 4) is 6.01 Å². The van der Waals surface area contributed by atoms with Gasteiger partial charge in [0.1, 0.15) is 12.3 Å². The normalized spacial score (nSPS) is 14.5. The SMILES string of the molecule is COC(=O)[C@H](Cc1ccccc1)n1cc(COc2nc(Cl)nc(N3CCCC3)n2)nn1. The lowest BCUT2D eigenvalue weighted by molar-refractivity contribution is -0.144. The number of benzene rings is 1. The van der Waals surface area contributed by atoms with E-state index in [9.17, 15) is 4.79 Å². The predicted octanol–water partition coefficient (Wildman–Crippen LogP) is 2.25. The van der Waals surface area contributed by atoms with Crippen molar-refractivity contribution in [2.45, 2.75) is 31.9 Å².